The van der Waals surface area contributed by atoms with E-state index in [0.717, 1.165) is 12.1 Å². The van der Waals surface area contributed by atoms with Crippen molar-refractivity contribution in [3.8, 4) is 5.75 Å². The molecule has 1 unspecified atom stereocenters. The normalized spacial score (nSPS) is 18.4. The SMILES string of the molecule is CC1(C)CN(C(=O)c2cccc(OCc3cscn3)c2)CCC1N.Cl.Cl. The summed E-state index contributed by atoms with van der Waals surface area (Å²) in [6.07, 6.45) is 0.832. The summed E-state index contributed by atoms with van der Waals surface area (Å²) >= 11 is 1.54. The van der Waals surface area contributed by atoms with Gasteiger partial charge in [0.05, 0.1) is 11.2 Å². The van der Waals surface area contributed by atoms with Crippen LogP contribution in [0, 0.1) is 5.41 Å². The Morgan fingerprint density at radius 1 is 1.42 bits per heavy atom. The third-order valence-electron chi connectivity index (χ3n) is 4.55. The molecule has 1 atom stereocenters. The number of nitrogens with two attached hydrogens (primary N) is 1. The van der Waals surface area contributed by atoms with Gasteiger partial charge in [0.2, 0.25) is 0 Å². The molecule has 8 heteroatoms. The number of amides is 1. The number of rotatable bonds is 4. The predicted octanol–water partition coefficient (Wildman–Crippen LogP) is 3.77. The van der Waals surface area contributed by atoms with Crippen molar-refractivity contribution in [1.29, 1.82) is 0 Å². The summed E-state index contributed by atoms with van der Waals surface area (Å²) in [5, 5.41) is 1.95. The number of piperidine rings is 1. The van der Waals surface area contributed by atoms with Crippen LogP contribution in [0.15, 0.2) is 35.2 Å². The van der Waals surface area contributed by atoms with E-state index in [1.807, 2.05) is 28.5 Å². The minimum atomic E-state index is -0.0629. The van der Waals surface area contributed by atoms with Gasteiger partial charge in [-0.05, 0) is 30.0 Å². The molecule has 2 aromatic rings. The van der Waals surface area contributed by atoms with Crippen LogP contribution in [0.25, 0.3) is 0 Å². The maximum Gasteiger partial charge on any atom is 0.254 e. The molecule has 0 aliphatic carbocycles. The molecule has 0 saturated carbocycles. The van der Waals surface area contributed by atoms with Gasteiger partial charge in [-0.1, -0.05) is 19.9 Å². The smallest absolute Gasteiger partial charge is 0.254 e. The molecule has 1 aromatic carbocycles. The minimum absolute atomic E-state index is 0. The van der Waals surface area contributed by atoms with Crippen LogP contribution >= 0.6 is 36.2 Å². The van der Waals surface area contributed by atoms with Crippen molar-refractivity contribution in [3.05, 3.63) is 46.4 Å². The molecule has 0 bridgehead atoms. The van der Waals surface area contributed by atoms with Crippen molar-refractivity contribution in [1.82, 2.24) is 9.88 Å². The number of benzene rings is 1. The highest BCUT2D eigenvalue weighted by molar-refractivity contribution is 7.07. The lowest BCUT2D eigenvalue weighted by atomic mass is 9.79. The van der Waals surface area contributed by atoms with E-state index in [4.69, 9.17) is 10.5 Å². The monoisotopic (exact) mass is 417 g/mol. The Morgan fingerprint density at radius 3 is 2.85 bits per heavy atom. The molecule has 144 valence electrons. The Balaban J connectivity index is 0.00000169. The van der Waals surface area contributed by atoms with Crippen molar-refractivity contribution in [2.75, 3.05) is 13.1 Å². The van der Waals surface area contributed by atoms with E-state index in [2.05, 4.69) is 18.8 Å². The second-order valence-corrected chi connectivity index (χ2v) is 7.63. The molecule has 1 aromatic heterocycles. The Morgan fingerprint density at radius 2 is 2.19 bits per heavy atom. The molecule has 1 saturated heterocycles. The number of nitrogens with zero attached hydrogens (tertiary/aromatic N) is 2. The average Bonchev–Trinajstić information content (AvgIpc) is 3.08. The second-order valence-electron chi connectivity index (χ2n) is 6.91. The van der Waals surface area contributed by atoms with E-state index < -0.39 is 0 Å². The van der Waals surface area contributed by atoms with E-state index in [9.17, 15) is 4.79 Å². The van der Waals surface area contributed by atoms with Gasteiger partial charge in [0, 0.05) is 30.1 Å². The van der Waals surface area contributed by atoms with E-state index in [0.29, 0.717) is 31.0 Å². The molecule has 1 aliphatic heterocycles. The molecule has 3 rings (SSSR count). The maximum atomic E-state index is 12.8. The van der Waals surface area contributed by atoms with Gasteiger partial charge in [0.25, 0.3) is 5.91 Å². The van der Waals surface area contributed by atoms with Gasteiger partial charge in [-0.15, -0.1) is 36.2 Å². The molecule has 1 fully saturated rings. The number of carbonyl (C=O) groups is 1. The Labute approximate surface area is 170 Å². The summed E-state index contributed by atoms with van der Waals surface area (Å²) in [6.45, 7) is 6.02. The average molecular weight is 418 g/mol. The van der Waals surface area contributed by atoms with Crippen molar-refractivity contribution in [3.63, 3.8) is 0 Å². The lowest BCUT2D eigenvalue weighted by Gasteiger charge is -2.42. The Kier molecular flexibility index (Phi) is 8.34. The number of hydrogen-bond donors (Lipinski definition) is 1. The number of ether oxygens (including phenoxy) is 1. The van der Waals surface area contributed by atoms with Crippen molar-refractivity contribution < 1.29 is 9.53 Å². The minimum Gasteiger partial charge on any atom is -0.487 e. The van der Waals surface area contributed by atoms with Crippen LogP contribution in [-0.2, 0) is 6.61 Å². The first kappa shape index (κ1) is 22.7. The number of aromatic nitrogens is 1. The van der Waals surface area contributed by atoms with E-state index in [1.54, 1.807) is 11.6 Å². The molecule has 1 aliphatic rings. The highest BCUT2D eigenvalue weighted by Crippen LogP contribution is 2.29. The van der Waals surface area contributed by atoms with Crippen LogP contribution in [0.3, 0.4) is 0 Å². The van der Waals surface area contributed by atoms with Gasteiger partial charge in [0.1, 0.15) is 12.4 Å². The zero-order chi connectivity index (χ0) is 17.2. The van der Waals surface area contributed by atoms with Crippen LogP contribution in [0.4, 0.5) is 0 Å². The molecule has 26 heavy (non-hydrogen) atoms. The van der Waals surface area contributed by atoms with Crippen molar-refractivity contribution >= 4 is 42.1 Å². The van der Waals surface area contributed by atoms with E-state index >= 15 is 0 Å². The van der Waals surface area contributed by atoms with Crippen LogP contribution in [0.2, 0.25) is 0 Å². The number of thiazole rings is 1. The zero-order valence-corrected chi connectivity index (χ0v) is 17.3. The first-order valence-electron chi connectivity index (χ1n) is 8.10. The van der Waals surface area contributed by atoms with Gasteiger partial charge in [-0.25, -0.2) is 4.98 Å². The Hall–Kier alpha value is -1.34. The molecule has 5 nitrogen and oxygen atoms in total. The molecular weight excluding hydrogens is 393 g/mol. The fourth-order valence-corrected chi connectivity index (χ4v) is 3.46. The lowest BCUT2D eigenvalue weighted by Crippen LogP contribution is -2.53. The van der Waals surface area contributed by atoms with Crippen LogP contribution in [0.1, 0.15) is 36.3 Å². The first-order chi connectivity index (χ1) is 11.5. The third-order valence-corrected chi connectivity index (χ3v) is 5.19. The summed E-state index contributed by atoms with van der Waals surface area (Å²) in [7, 11) is 0. The highest BCUT2D eigenvalue weighted by Gasteiger charge is 2.35. The van der Waals surface area contributed by atoms with Crippen LogP contribution < -0.4 is 10.5 Å². The summed E-state index contributed by atoms with van der Waals surface area (Å²) in [6, 6.07) is 7.48. The van der Waals surface area contributed by atoms with Gasteiger partial charge >= 0.3 is 0 Å². The van der Waals surface area contributed by atoms with Crippen LogP contribution in [-0.4, -0.2) is 34.9 Å². The Bertz CT molecular complexity index is 710. The second kappa shape index (κ2) is 9.55. The molecular formula is C18H25Cl2N3O2S. The third kappa shape index (κ3) is 5.33. The van der Waals surface area contributed by atoms with Crippen molar-refractivity contribution in [2.45, 2.75) is 32.9 Å². The van der Waals surface area contributed by atoms with Crippen molar-refractivity contribution in [2.24, 2.45) is 11.1 Å². The van der Waals surface area contributed by atoms with Gasteiger partial charge in [-0.3, -0.25) is 4.79 Å². The summed E-state index contributed by atoms with van der Waals surface area (Å²) in [4.78, 5) is 18.9. The fourth-order valence-electron chi connectivity index (χ4n) is 2.91. The summed E-state index contributed by atoms with van der Waals surface area (Å²) in [5.41, 5.74) is 9.42. The topological polar surface area (TPSA) is 68.5 Å². The van der Waals surface area contributed by atoms with E-state index in [-0.39, 0.29) is 42.2 Å². The molecule has 1 amide bonds. The van der Waals surface area contributed by atoms with Gasteiger partial charge in [0.15, 0.2) is 0 Å². The van der Waals surface area contributed by atoms with Gasteiger partial charge < -0.3 is 15.4 Å². The first-order valence-corrected chi connectivity index (χ1v) is 9.05. The zero-order valence-electron chi connectivity index (χ0n) is 14.9. The molecule has 0 radical (unpaired) electrons. The number of likely N-dealkylation sites (tertiary alicyclic amines) is 1. The maximum absolute atomic E-state index is 12.8. The largest absolute Gasteiger partial charge is 0.487 e. The number of hydrogen-bond acceptors (Lipinski definition) is 5. The van der Waals surface area contributed by atoms with Crippen LogP contribution in [0.5, 0.6) is 5.75 Å². The fraction of sp³-hybridized carbons (Fsp3) is 0.444. The predicted molar refractivity (Wildman–Crippen MR) is 110 cm³/mol. The molecule has 2 heterocycles. The number of halogens is 2. The lowest BCUT2D eigenvalue weighted by molar-refractivity contribution is 0.0532. The highest BCUT2D eigenvalue weighted by atomic mass is 35.5. The quantitative estimate of drug-likeness (QED) is 0.821. The summed E-state index contributed by atoms with van der Waals surface area (Å²) < 4.78 is 5.74. The molecule has 2 N–H and O–H groups in total. The van der Waals surface area contributed by atoms with Gasteiger partial charge in [-0.2, -0.15) is 0 Å². The van der Waals surface area contributed by atoms with E-state index in [1.165, 1.54) is 11.3 Å². The summed E-state index contributed by atoms with van der Waals surface area (Å²) in [5.74, 6) is 0.718. The molecule has 0 spiro atoms. The standard InChI is InChI=1S/C18H23N3O2S.2ClH/c1-18(2)11-21(7-6-16(18)19)17(22)13-4-3-5-15(8-13)23-9-14-10-24-12-20-14;;/h3-5,8,10,12,16H,6-7,9,11,19H2,1-2H3;2*1H. The number of carbonyl (C=O) groups excluding carboxylic acids is 1.